The summed E-state index contributed by atoms with van der Waals surface area (Å²) in [6.07, 6.45) is 0.671. The fourth-order valence-corrected chi connectivity index (χ4v) is 1.73. The maximum Gasteiger partial charge on any atom is 0.150 e. The monoisotopic (exact) mass is 284 g/mol. The second kappa shape index (κ2) is 5.38. The number of benzene rings is 2. The molecule has 0 unspecified atom stereocenters. The average molecular weight is 285 g/mol. The molecular weight excluding hydrogens is 278 g/mol. The zero-order chi connectivity index (χ0) is 13.1. The molecule has 2 aromatic carbocycles. The SMILES string of the molecule is O=Cc1ccc(Oc2cc(F)ccc2Cl)c(Cl)c1. The third kappa shape index (κ3) is 2.81. The van der Waals surface area contributed by atoms with Crippen LogP contribution >= 0.6 is 23.2 Å². The maximum atomic E-state index is 13.1. The molecule has 2 aromatic rings. The fraction of sp³-hybridized carbons (Fsp3) is 0. The van der Waals surface area contributed by atoms with Gasteiger partial charge in [0.15, 0.2) is 0 Å². The van der Waals surface area contributed by atoms with E-state index in [2.05, 4.69) is 0 Å². The van der Waals surface area contributed by atoms with Crippen molar-refractivity contribution in [2.75, 3.05) is 0 Å². The standard InChI is InChI=1S/C13H7Cl2FO2/c14-10-3-2-9(16)6-13(10)18-12-4-1-8(7-17)5-11(12)15/h1-7H. The van der Waals surface area contributed by atoms with Crippen molar-refractivity contribution < 1.29 is 13.9 Å². The Labute approximate surface area is 113 Å². The molecule has 0 aliphatic rings. The Bertz CT molecular complexity index is 600. The van der Waals surface area contributed by atoms with Gasteiger partial charge < -0.3 is 4.74 Å². The molecule has 0 spiro atoms. The van der Waals surface area contributed by atoms with E-state index in [0.717, 1.165) is 6.07 Å². The highest BCUT2D eigenvalue weighted by atomic mass is 35.5. The second-order valence-electron chi connectivity index (χ2n) is 3.48. The highest BCUT2D eigenvalue weighted by molar-refractivity contribution is 6.33. The predicted octanol–water partition coefficient (Wildman–Crippen LogP) is 4.74. The number of carbonyl (C=O) groups is 1. The van der Waals surface area contributed by atoms with Gasteiger partial charge in [-0.05, 0) is 30.3 Å². The van der Waals surface area contributed by atoms with Crippen molar-refractivity contribution in [2.45, 2.75) is 0 Å². The number of rotatable bonds is 3. The molecule has 0 radical (unpaired) electrons. The molecule has 18 heavy (non-hydrogen) atoms. The zero-order valence-electron chi connectivity index (χ0n) is 8.99. The summed E-state index contributed by atoms with van der Waals surface area (Å²) in [6.45, 7) is 0. The number of carbonyl (C=O) groups excluding carboxylic acids is 1. The Hall–Kier alpha value is -1.58. The van der Waals surface area contributed by atoms with Gasteiger partial charge >= 0.3 is 0 Å². The summed E-state index contributed by atoms with van der Waals surface area (Å²) in [4.78, 5) is 10.6. The van der Waals surface area contributed by atoms with Gasteiger partial charge in [-0.15, -0.1) is 0 Å². The molecule has 5 heteroatoms. The van der Waals surface area contributed by atoms with Gasteiger partial charge in [-0.3, -0.25) is 4.79 Å². The lowest BCUT2D eigenvalue weighted by atomic mass is 10.2. The molecule has 0 aromatic heterocycles. The van der Waals surface area contributed by atoms with E-state index in [1.165, 1.54) is 24.3 Å². The van der Waals surface area contributed by atoms with E-state index in [1.54, 1.807) is 6.07 Å². The quantitative estimate of drug-likeness (QED) is 0.761. The van der Waals surface area contributed by atoms with E-state index in [-0.39, 0.29) is 15.8 Å². The smallest absolute Gasteiger partial charge is 0.150 e. The third-order valence-electron chi connectivity index (χ3n) is 2.21. The molecule has 0 amide bonds. The van der Waals surface area contributed by atoms with Crippen molar-refractivity contribution >= 4 is 29.5 Å². The van der Waals surface area contributed by atoms with Crippen LogP contribution in [0.3, 0.4) is 0 Å². The summed E-state index contributed by atoms with van der Waals surface area (Å²) < 4.78 is 18.5. The van der Waals surface area contributed by atoms with Crippen molar-refractivity contribution in [3.63, 3.8) is 0 Å². The van der Waals surface area contributed by atoms with E-state index >= 15 is 0 Å². The van der Waals surface area contributed by atoms with Gasteiger partial charge in [0.05, 0.1) is 10.0 Å². The first kappa shape index (κ1) is 12.9. The number of hydrogen-bond donors (Lipinski definition) is 0. The number of halogens is 3. The molecule has 0 heterocycles. The maximum absolute atomic E-state index is 13.1. The van der Waals surface area contributed by atoms with Crippen LogP contribution in [0.1, 0.15) is 10.4 Å². The van der Waals surface area contributed by atoms with Crippen molar-refractivity contribution in [1.82, 2.24) is 0 Å². The molecule has 0 atom stereocenters. The number of hydrogen-bond acceptors (Lipinski definition) is 2. The second-order valence-corrected chi connectivity index (χ2v) is 4.30. The van der Waals surface area contributed by atoms with Gasteiger partial charge in [-0.25, -0.2) is 4.39 Å². The zero-order valence-corrected chi connectivity index (χ0v) is 10.5. The average Bonchev–Trinajstić information content (AvgIpc) is 2.36. The first-order valence-electron chi connectivity index (χ1n) is 4.98. The van der Waals surface area contributed by atoms with Crippen LogP contribution in [0.4, 0.5) is 4.39 Å². The van der Waals surface area contributed by atoms with Crippen LogP contribution in [0.5, 0.6) is 11.5 Å². The van der Waals surface area contributed by atoms with Crippen molar-refractivity contribution in [3.8, 4) is 11.5 Å². The summed E-state index contributed by atoms with van der Waals surface area (Å²) in [6, 6.07) is 8.30. The molecule has 0 bridgehead atoms. The highest BCUT2D eigenvalue weighted by Gasteiger charge is 2.08. The first-order chi connectivity index (χ1) is 8.60. The molecule has 0 saturated carbocycles. The molecule has 2 rings (SSSR count). The molecule has 2 nitrogen and oxygen atoms in total. The minimum atomic E-state index is -0.463. The van der Waals surface area contributed by atoms with Crippen LogP contribution in [-0.4, -0.2) is 6.29 Å². The van der Waals surface area contributed by atoms with E-state index in [1.807, 2.05) is 0 Å². The number of ether oxygens (including phenoxy) is 1. The normalized spacial score (nSPS) is 10.2. The van der Waals surface area contributed by atoms with E-state index in [4.69, 9.17) is 27.9 Å². The van der Waals surface area contributed by atoms with Gasteiger partial charge in [0, 0.05) is 11.6 Å². The Morgan fingerprint density at radius 2 is 1.78 bits per heavy atom. The van der Waals surface area contributed by atoms with Crippen molar-refractivity contribution in [3.05, 3.63) is 57.8 Å². The Balaban J connectivity index is 2.34. The molecule has 0 aliphatic heterocycles. The number of aldehydes is 1. The van der Waals surface area contributed by atoms with Crippen LogP contribution in [0.25, 0.3) is 0 Å². The molecular formula is C13H7Cl2FO2. The largest absolute Gasteiger partial charge is 0.454 e. The minimum absolute atomic E-state index is 0.164. The Kier molecular flexibility index (Phi) is 3.84. The molecule has 0 saturated heterocycles. The Morgan fingerprint density at radius 1 is 1.00 bits per heavy atom. The summed E-state index contributed by atoms with van der Waals surface area (Å²) >= 11 is 11.8. The van der Waals surface area contributed by atoms with Gasteiger partial charge in [0.25, 0.3) is 0 Å². The van der Waals surface area contributed by atoms with Gasteiger partial charge in [0.2, 0.25) is 0 Å². The van der Waals surface area contributed by atoms with E-state index in [9.17, 15) is 9.18 Å². The predicted molar refractivity (Wildman–Crippen MR) is 68.3 cm³/mol. The molecule has 0 N–H and O–H groups in total. The van der Waals surface area contributed by atoms with Crippen LogP contribution in [0, 0.1) is 5.82 Å². The van der Waals surface area contributed by atoms with Crippen LogP contribution in [0.15, 0.2) is 36.4 Å². The summed E-state index contributed by atoms with van der Waals surface area (Å²) in [5, 5.41) is 0.520. The summed E-state index contributed by atoms with van der Waals surface area (Å²) in [7, 11) is 0. The lowest BCUT2D eigenvalue weighted by molar-refractivity contribution is 0.112. The molecule has 92 valence electrons. The van der Waals surface area contributed by atoms with Gasteiger partial charge in [-0.2, -0.15) is 0 Å². The fourth-order valence-electron chi connectivity index (χ4n) is 1.35. The summed E-state index contributed by atoms with van der Waals surface area (Å²) in [5.41, 5.74) is 0.428. The third-order valence-corrected chi connectivity index (χ3v) is 2.81. The minimum Gasteiger partial charge on any atom is -0.454 e. The molecule has 0 aliphatic carbocycles. The van der Waals surface area contributed by atoms with E-state index < -0.39 is 5.82 Å². The molecule has 0 fully saturated rings. The topological polar surface area (TPSA) is 26.3 Å². The highest BCUT2D eigenvalue weighted by Crippen LogP contribution is 2.34. The van der Waals surface area contributed by atoms with Crippen molar-refractivity contribution in [1.29, 1.82) is 0 Å². The van der Waals surface area contributed by atoms with Crippen LogP contribution in [0.2, 0.25) is 10.0 Å². The Morgan fingerprint density at radius 3 is 2.44 bits per heavy atom. The van der Waals surface area contributed by atoms with Gasteiger partial charge in [0.1, 0.15) is 23.6 Å². The first-order valence-corrected chi connectivity index (χ1v) is 5.73. The summed E-state index contributed by atoms with van der Waals surface area (Å²) in [5.74, 6) is 0.00206. The van der Waals surface area contributed by atoms with Crippen LogP contribution in [-0.2, 0) is 0 Å². The van der Waals surface area contributed by atoms with Crippen LogP contribution < -0.4 is 4.74 Å². The lowest BCUT2D eigenvalue weighted by Gasteiger charge is -2.09. The van der Waals surface area contributed by atoms with Gasteiger partial charge in [-0.1, -0.05) is 23.2 Å². The van der Waals surface area contributed by atoms with Crippen molar-refractivity contribution in [2.24, 2.45) is 0 Å². The lowest BCUT2D eigenvalue weighted by Crippen LogP contribution is -1.89. The van der Waals surface area contributed by atoms with E-state index in [0.29, 0.717) is 17.6 Å².